The molecule has 6 rings (SSSR count). The molecule has 0 spiro atoms. The molecule has 0 unspecified atom stereocenters. The fourth-order valence-corrected chi connectivity index (χ4v) is 13.5. The van der Waals surface area contributed by atoms with Gasteiger partial charge in [0.15, 0.2) is 5.96 Å². The van der Waals surface area contributed by atoms with E-state index in [0.29, 0.717) is 59.2 Å². The largest absolute Gasteiger partial charge is 0.494 e. The maximum atomic E-state index is 15.2. The number of carboxylic acids is 2. The Labute approximate surface area is 598 Å². The Balaban J connectivity index is 1.41. The zero-order valence-electron chi connectivity index (χ0n) is 57.9. The fourth-order valence-electron chi connectivity index (χ4n) is 11.5. The quantitative estimate of drug-likeness (QED) is 0.0574. The standard InChI is InChI=1S/C67H96N16O17S2/c1-37(2)56-64(97)78-46(27-40-30-72-43-15-9-8-14-42(40)43)58(91)73-31-52(84)76-45(18-19-54(86)87)60(93)80-49(57(68)90)35-101-33-38-24-39-26-41(25-38)99-22-10-6-7-11-23-100-74-32-53(85)75-44(16-12-20-71-66(69)70)59(92)81-50(36-102-34-39)65(98)83-21-13-17-51(83)63(96)79-48(29-67(3,4)5)62(95)77-47(28-55(88)89)61(94)82-56/h8-9,14-15,24-26,30,32,37,44-51,56,72H,6-7,10-13,16-23,27-29,31,33-36H2,1-5H3,(H2,68,90)(H,73,91)(H,75,85)(H,76,84)(H,77,95)(H,78,97)(H,79,96)(H,80,93)(H,81,92)(H,82,94)(H,86,87)(H,88,89)(H4,69,70,71)/b74-32+/t44-,45-,46-,47-,48-,49-,50-,51-,56-/m0/s1. The van der Waals surface area contributed by atoms with Gasteiger partial charge in [0.2, 0.25) is 59.1 Å². The van der Waals surface area contributed by atoms with Gasteiger partial charge in [0, 0.05) is 66.0 Å². The molecule has 558 valence electrons. The first-order chi connectivity index (χ1) is 48.4. The van der Waals surface area contributed by atoms with Gasteiger partial charge in [-0.15, -0.1) is 0 Å². The smallest absolute Gasteiger partial charge is 0.305 e. The summed E-state index contributed by atoms with van der Waals surface area (Å²) in [7, 11) is 0. The molecule has 11 amide bonds. The molecule has 4 heterocycles. The van der Waals surface area contributed by atoms with Crippen molar-refractivity contribution in [2.24, 2.45) is 28.0 Å². The van der Waals surface area contributed by atoms with Gasteiger partial charge in [-0.1, -0.05) is 64.0 Å². The van der Waals surface area contributed by atoms with Gasteiger partial charge in [-0.05, 0) is 110 Å². The fraction of sp³-hybridized carbons (Fsp3) is 0.567. The van der Waals surface area contributed by atoms with Crippen LogP contribution in [0.4, 0.5) is 0 Å². The normalized spacial score (nSPS) is 24.3. The average molecular weight is 1460 g/mol. The number of hydrogen-bond donors (Lipinski definition) is 16. The highest BCUT2D eigenvalue weighted by Crippen LogP contribution is 2.28. The van der Waals surface area contributed by atoms with E-state index >= 15 is 4.79 Å². The lowest BCUT2D eigenvalue weighted by Gasteiger charge is -2.32. The zero-order valence-corrected chi connectivity index (χ0v) is 59.5. The van der Waals surface area contributed by atoms with Crippen molar-refractivity contribution in [1.29, 1.82) is 5.41 Å². The van der Waals surface area contributed by atoms with Crippen molar-refractivity contribution in [2.45, 2.75) is 184 Å². The number of nitrogens with zero attached hydrogens (tertiary/aromatic N) is 2. The number of nitrogens with one attached hydrogen (secondary N) is 12. The number of carbonyl (C=O) groups excluding carboxylic acids is 11. The number of oxime groups is 1. The van der Waals surface area contributed by atoms with Gasteiger partial charge in [-0.3, -0.25) is 67.7 Å². The van der Waals surface area contributed by atoms with Crippen molar-refractivity contribution in [3.05, 3.63) is 65.4 Å². The van der Waals surface area contributed by atoms with Crippen molar-refractivity contribution < 1.29 is 82.1 Å². The van der Waals surface area contributed by atoms with E-state index in [1.165, 1.54) is 28.4 Å². The second-order valence-electron chi connectivity index (χ2n) is 26.7. The highest BCUT2D eigenvalue weighted by atomic mass is 32.2. The van der Waals surface area contributed by atoms with Crippen LogP contribution in [0.25, 0.3) is 10.9 Å². The van der Waals surface area contributed by atoms with Gasteiger partial charge >= 0.3 is 11.9 Å². The van der Waals surface area contributed by atoms with Crippen LogP contribution in [0.3, 0.4) is 0 Å². The Morgan fingerprint density at radius 2 is 1.36 bits per heavy atom. The molecule has 3 aliphatic rings. The SMILES string of the molecule is CC(C)[C@@H]1NC(=O)[C@H](CC(=O)O)NC(=O)[C@H](CC(C)(C)C)NC(=O)[C@@H]2CCCN2C(=O)[C@@H]2CSCc3cc(cc(c3)OCCCCCCO/N=C/C(=O)N[C@@H](CCCNC(=N)N)C(=O)N2)CSC[C@@H](C(N)=O)NC(=O)[C@H](CCC(=O)O)NC(=O)CNC(=O)[C@H](Cc2c[nH]c3ccccc23)NC1=O. The van der Waals surface area contributed by atoms with Crippen LogP contribution in [0.15, 0.2) is 53.8 Å². The van der Waals surface area contributed by atoms with E-state index in [1.54, 1.807) is 77.2 Å². The first kappa shape index (κ1) is 81.3. The number of ether oxygens (including phenoxy) is 1. The number of carboxylic acid groups (broad SMARTS) is 2. The third-order valence-electron chi connectivity index (χ3n) is 16.7. The molecule has 1 fully saturated rings. The summed E-state index contributed by atoms with van der Waals surface area (Å²) in [5.41, 5.74) is 13.2. The molecule has 2 aromatic carbocycles. The molecule has 4 bridgehead atoms. The molecule has 0 saturated carbocycles. The van der Waals surface area contributed by atoms with Gasteiger partial charge in [0.25, 0.3) is 5.91 Å². The van der Waals surface area contributed by atoms with Crippen molar-refractivity contribution in [3.8, 4) is 5.75 Å². The maximum Gasteiger partial charge on any atom is 0.305 e. The zero-order chi connectivity index (χ0) is 74.6. The number of primary amides is 1. The molecule has 1 aromatic heterocycles. The van der Waals surface area contributed by atoms with E-state index in [2.05, 4.69) is 63.3 Å². The molecular weight excluding hydrogens is 1360 g/mol. The van der Waals surface area contributed by atoms with Crippen LogP contribution in [0.2, 0.25) is 0 Å². The van der Waals surface area contributed by atoms with E-state index in [-0.39, 0.29) is 80.8 Å². The number of rotatable bonds is 14. The number of H-pyrrole nitrogens is 1. The highest BCUT2D eigenvalue weighted by molar-refractivity contribution is 7.98. The van der Waals surface area contributed by atoms with Crippen LogP contribution in [-0.4, -0.2) is 208 Å². The minimum atomic E-state index is -1.88. The van der Waals surface area contributed by atoms with Crippen LogP contribution in [0.5, 0.6) is 5.75 Å². The van der Waals surface area contributed by atoms with E-state index in [1.807, 2.05) is 6.07 Å². The lowest BCUT2D eigenvalue weighted by atomic mass is 9.87. The number of amides is 11. The van der Waals surface area contributed by atoms with Crippen molar-refractivity contribution in [3.63, 3.8) is 0 Å². The molecule has 18 N–H and O–H groups in total. The van der Waals surface area contributed by atoms with Crippen LogP contribution in [0.1, 0.15) is 128 Å². The number of aromatic nitrogens is 1. The van der Waals surface area contributed by atoms with Gasteiger partial charge in [-0.2, -0.15) is 23.5 Å². The lowest BCUT2D eigenvalue weighted by molar-refractivity contribution is -0.143. The minimum absolute atomic E-state index is 0.0138. The van der Waals surface area contributed by atoms with E-state index in [9.17, 15) is 67.7 Å². The summed E-state index contributed by atoms with van der Waals surface area (Å²) in [6, 6.07) is -0.756. The number of para-hydroxylation sites is 1. The summed E-state index contributed by atoms with van der Waals surface area (Å²) < 4.78 is 6.28. The second-order valence-corrected chi connectivity index (χ2v) is 28.8. The molecule has 0 radical (unpaired) electrons. The number of benzene rings is 2. The molecule has 0 aliphatic carbocycles. The number of thioether (sulfide) groups is 2. The third-order valence-corrected chi connectivity index (χ3v) is 18.9. The molecule has 102 heavy (non-hydrogen) atoms. The molecule has 9 atom stereocenters. The Morgan fingerprint density at radius 3 is 2.04 bits per heavy atom. The summed E-state index contributed by atoms with van der Waals surface area (Å²) >= 11 is 2.42. The minimum Gasteiger partial charge on any atom is -0.494 e. The molecular formula is C67H96N16O17S2. The topological polar surface area (TPSA) is 508 Å². The number of nitrogens with two attached hydrogens (primary N) is 2. The summed E-state index contributed by atoms with van der Waals surface area (Å²) in [4.78, 5) is 191. The van der Waals surface area contributed by atoms with Crippen LogP contribution in [-0.2, 0) is 85.1 Å². The molecule has 33 nitrogen and oxygen atoms in total. The van der Waals surface area contributed by atoms with Gasteiger partial charge < -0.3 is 94.3 Å². The van der Waals surface area contributed by atoms with Crippen LogP contribution < -0.4 is 69.4 Å². The predicted octanol–water partition coefficient (Wildman–Crippen LogP) is 0.0117. The van der Waals surface area contributed by atoms with Crippen LogP contribution in [0, 0.1) is 16.7 Å². The lowest BCUT2D eigenvalue weighted by Crippen LogP contribution is -2.61. The van der Waals surface area contributed by atoms with E-state index in [4.69, 9.17) is 26.5 Å². The first-order valence-electron chi connectivity index (χ1n) is 33.9. The predicted molar refractivity (Wildman–Crippen MR) is 379 cm³/mol. The molecule has 3 aliphatic heterocycles. The van der Waals surface area contributed by atoms with Gasteiger partial charge in [0.05, 0.1) is 19.6 Å². The molecule has 35 heteroatoms. The molecule has 1 saturated heterocycles. The van der Waals surface area contributed by atoms with Gasteiger partial charge in [-0.25, -0.2) is 0 Å². The summed E-state index contributed by atoms with van der Waals surface area (Å²) in [6.45, 7) is 8.19. The second kappa shape index (κ2) is 40.1. The van der Waals surface area contributed by atoms with E-state index in [0.717, 1.165) is 19.1 Å². The van der Waals surface area contributed by atoms with Crippen molar-refractivity contribution in [2.75, 3.05) is 44.4 Å². The summed E-state index contributed by atoms with van der Waals surface area (Å²) in [5.74, 6) is -13.4. The number of fused-ring (bicyclic) bond motifs is 7. The Morgan fingerprint density at radius 1 is 0.716 bits per heavy atom. The Kier molecular flexibility index (Phi) is 32.0. The van der Waals surface area contributed by atoms with E-state index < -0.39 is 168 Å². The number of hydrogen-bond acceptors (Lipinski definition) is 19. The highest BCUT2D eigenvalue weighted by Gasteiger charge is 2.42. The number of aliphatic carboxylic acids is 2. The number of carbonyl (C=O) groups is 13. The first-order valence-corrected chi connectivity index (χ1v) is 36.2. The maximum absolute atomic E-state index is 15.2. The average Bonchev–Trinajstić information content (AvgIpc) is 1.63. The number of guanidine groups is 1. The Hall–Kier alpha value is -9.67. The van der Waals surface area contributed by atoms with Crippen LogP contribution >= 0.6 is 23.5 Å². The molecule has 3 aromatic rings. The Bertz CT molecular complexity index is 3530. The number of aromatic amines is 1. The summed E-state index contributed by atoms with van der Waals surface area (Å²) in [5, 5.41) is 57.8. The third kappa shape index (κ3) is 27.0. The monoisotopic (exact) mass is 1460 g/mol. The van der Waals surface area contributed by atoms with Gasteiger partial charge in [0.1, 0.15) is 72.9 Å². The van der Waals surface area contributed by atoms with Crippen molar-refractivity contribution in [1.82, 2.24) is 63.1 Å². The summed E-state index contributed by atoms with van der Waals surface area (Å²) in [6.07, 6.45) is 3.34. The van der Waals surface area contributed by atoms with Crippen molar-refractivity contribution >= 4 is 124 Å².